The van der Waals surface area contributed by atoms with Gasteiger partial charge in [-0.15, -0.1) is 0 Å². The summed E-state index contributed by atoms with van der Waals surface area (Å²) < 4.78 is 13.2. The zero-order valence-electron chi connectivity index (χ0n) is 14.6. The number of carbonyl (C=O) groups is 1. The van der Waals surface area contributed by atoms with Crippen molar-refractivity contribution in [2.75, 3.05) is 26.3 Å². The van der Waals surface area contributed by atoms with Crippen molar-refractivity contribution in [1.82, 2.24) is 19.7 Å². The van der Waals surface area contributed by atoms with Crippen molar-refractivity contribution >= 4 is 5.91 Å². The Balaban J connectivity index is 1.62. The van der Waals surface area contributed by atoms with E-state index in [0.717, 1.165) is 54.8 Å². The number of piperidine rings is 1. The van der Waals surface area contributed by atoms with Gasteiger partial charge < -0.3 is 14.4 Å². The fraction of sp³-hybridized carbons (Fsp3) is 0.500. The minimum atomic E-state index is 0.142. The summed E-state index contributed by atoms with van der Waals surface area (Å²) in [6, 6.07) is 5.86. The molecule has 2 aliphatic heterocycles. The molecule has 1 aromatic carbocycles. The van der Waals surface area contributed by atoms with Crippen LogP contribution >= 0.6 is 0 Å². The number of amides is 1. The number of likely N-dealkylation sites (tertiary alicyclic amines) is 1. The van der Waals surface area contributed by atoms with E-state index in [2.05, 4.69) is 10.1 Å². The molecule has 7 heteroatoms. The van der Waals surface area contributed by atoms with Gasteiger partial charge in [-0.05, 0) is 31.9 Å². The Morgan fingerprint density at radius 1 is 1.16 bits per heavy atom. The standard InChI is InChI=1S/C18H22N4O3/c1-12-19-18(14-5-7-21(8-6-14)13(2)23)22(20-12)15-3-4-16-17(11-15)25-10-9-24-16/h3-4,11,14H,5-10H2,1-2H3. The van der Waals surface area contributed by atoms with Crippen LogP contribution < -0.4 is 9.47 Å². The molecule has 3 heterocycles. The van der Waals surface area contributed by atoms with Crippen molar-refractivity contribution in [3.05, 3.63) is 29.8 Å². The molecule has 0 N–H and O–H groups in total. The third-order valence-electron chi connectivity index (χ3n) is 4.81. The molecule has 0 unspecified atom stereocenters. The summed E-state index contributed by atoms with van der Waals surface area (Å²) in [4.78, 5) is 18.1. The zero-order valence-corrected chi connectivity index (χ0v) is 14.6. The van der Waals surface area contributed by atoms with Gasteiger partial charge in [0.05, 0.1) is 5.69 Å². The molecule has 1 amide bonds. The van der Waals surface area contributed by atoms with Gasteiger partial charge in [0.1, 0.15) is 24.9 Å². The summed E-state index contributed by atoms with van der Waals surface area (Å²) in [5.74, 6) is 3.65. The maximum atomic E-state index is 11.5. The van der Waals surface area contributed by atoms with Crippen LogP contribution in [0, 0.1) is 6.92 Å². The number of benzene rings is 1. The molecule has 0 aliphatic carbocycles. The molecule has 0 radical (unpaired) electrons. The molecule has 0 saturated carbocycles. The van der Waals surface area contributed by atoms with Crippen molar-refractivity contribution in [3.63, 3.8) is 0 Å². The first-order chi connectivity index (χ1) is 12.1. The molecule has 132 valence electrons. The average molecular weight is 342 g/mol. The molecule has 0 spiro atoms. The van der Waals surface area contributed by atoms with Crippen molar-refractivity contribution in [2.45, 2.75) is 32.6 Å². The van der Waals surface area contributed by atoms with E-state index >= 15 is 0 Å². The topological polar surface area (TPSA) is 69.5 Å². The zero-order chi connectivity index (χ0) is 17.4. The Bertz CT molecular complexity index is 794. The molecular formula is C18H22N4O3. The van der Waals surface area contributed by atoms with Crippen molar-refractivity contribution in [1.29, 1.82) is 0 Å². The lowest BCUT2D eigenvalue weighted by Gasteiger charge is -2.30. The van der Waals surface area contributed by atoms with Crippen LogP contribution in [0.4, 0.5) is 0 Å². The number of aromatic nitrogens is 3. The number of carbonyl (C=O) groups excluding carboxylic acids is 1. The number of fused-ring (bicyclic) bond motifs is 1. The first-order valence-electron chi connectivity index (χ1n) is 8.71. The highest BCUT2D eigenvalue weighted by Gasteiger charge is 2.27. The van der Waals surface area contributed by atoms with E-state index in [0.29, 0.717) is 19.1 Å². The Labute approximate surface area is 146 Å². The molecule has 1 fully saturated rings. The number of ether oxygens (including phenoxy) is 2. The van der Waals surface area contributed by atoms with Gasteiger partial charge in [0, 0.05) is 32.0 Å². The first kappa shape index (κ1) is 15.9. The fourth-order valence-electron chi connectivity index (χ4n) is 3.50. The van der Waals surface area contributed by atoms with E-state index in [4.69, 9.17) is 9.47 Å². The molecule has 7 nitrogen and oxygen atoms in total. The third kappa shape index (κ3) is 3.06. The summed E-state index contributed by atoms with van der Waals surface area (Å²) in [5.41, 5.74) is 0.925. The molecule has 2 aromatic rings. The van der Waals surface area contributed by atoms with E-state index < -0.39 is 0 Å². The molecule has 1 saturated heterocycles. The molecule has 0 bridgehead atoms. The van der Waals surface area contributed by atoms with E-state index in [1.165, 1.54) is 0 Å². The SMILES string of the molecule is CC(=O)N1CCC(c2nc(C)nn2-c2ccc3c(c2)OCCO3)CC1. The van der Waals surface area contributed by atoms with E-state index in [-0.39, 0.29) is 5.91 Å². The molecule has 2 aliphatic rings. The largest absolute Gasteiger partial charge is 0.486 e. The van der Waals surface area contributed by atoms with Crippen LogP contribution in [0.1, 0.15) is 37.3 Å². The predicted molar refractivity (Wildman–Crippen MR) is 91.3 cm³/mol. The molecule has 0 atom stereocenters. The number of rotatable bonds is 2. The van der Waals surface area contributed by atoms with Crippen LogP contribution in [0.15, 0.2) is 18.2 Å². The maximum Gasteiger partial charge on any atom is 0.219 e. The lowest BCUT2D eigenvalue weighted by atomic mass is 9.96. The van der Waals surface area contributed by atoms with Gasteiger partial charge in [0.2, 0.25) is 5.91 Å². The Morgan fingerprint density at radius 3 is 2.60 bits per heavy atom. The molecule has 25 heavy (non-hydrogen) atoms. The van der Waals surface area contributed by atoms with Crippen molar-refractivity contribution in [2.24, 2.45) is 0 Å². The lowest BCUT2D eigenvalue weighted by Crippen LogP contribution is -2.36. The summed E-state index contributed by atoms with van der Waals surface area (Å²) in [7, 11) is 0. The van der Waals surface area contributed by atoms with Gasteiger partial charge >= 0.3 is 0 Å². The van der Waals surface area contributed by atoms with Crippen LogP contribution in [0.2, 0.25) is 0 Å². The van der Waals surface area contributed by atoms with Gasteiger partial charge in [-0.3, -0.25) is 4.79 Å². The van der Waals surface area contributed by atoms with Crippen LogP contribution in [0.3, 0.4) is 0 Å². The van der Waals surface area contributed by atoms with Gasteiger partial charge in [0.15, 0.2) is 11.5 Å². The van der Waals surface area contributed by atoms with Crippen LogP contribution in [0.25, 0.3) is 5.69 Å². The highest BCUT2D eigenvalue weighted by atomic mass is 16.6. The smallest absolute Gasteiger partial charge is 0.219 e. The minimum Gasteiger partial charge on any atom is -0.486 e. The molecular weight excluding hydrogens is 320 g/mol. The van der Waals surface area contributed by atoms with Crippen LogP contribution in [-0.2, 0) is 4.79 Å². The first-order valence-corrected chi connectivity index (χ1v) is 8.71. The van der Waals surface area contributed by atoms with Crippen LogP contribution in [-0.4, -0.2) is 51.9 Å². The molecule has 4 rings (SSSR count). The second-order valence-corrected chi connectivity index (χ2v) is 6.54. The summed E-state index contributed by atoms with van der Waals surface area (Å²) >= 11 is 0. The number of nitrogens with zero attached hydrogens (tertiary/aromatic N) is 4. The summed E-state index contributed by atoms with van der Waals surface area (Å²) in [6.45, 7) is 6.21. The second-order valence-electron chi connectivity index (χ2n) is 6.54. The average Bonchev–Trinajstić information content (AvgIpc) is 3.03. The monoisotopic (exact) mass is 342 g/mol. The van der Waals surface area contributed by atoms with E-state index in [1.807, 2.05) is 34.7 Å². The Hall–Kier alpha value is -2.57. The number of hydrogen-bond acceptors (Lipinski definition) is 5. The molecule has 1 aromatic heterocycles. The summed E-state index contributed by atoms with van der Waals surface area (Å²) in [5, 5.41) is 4.59. The quantitative estimate of drug-likeness (QED) is 0.836. The van der Waals surface area contributed by atoms with Gasteiger partial charge in [-0.25, -0.2) is 9.67 Å². The predicted octanol–water partition coefficient (Wildman–Crippen LogP) is 2.07. The lowest BCUT2D eigenvalue weighted by molar-refractivity contribution is -0.129. The van der Waals surface area contributed by atoms with E-state index in [1.54, 1.807) is 6.92 Å². The van der Waals surface area contributed by atoms with Crippen LogP contribution in [0.5, 0.6) is 11.5 Å². The summed E-state index contributed by atoms with van der Waals surface area (Å²) in [6.07, 6.45) is 1.81. The fourth-order valence-corrected chi connectivity index (χ4v) is 3.50. The third-order valence-corrected chi connectivity index (χ3v) is 4.81. The Morgan fingerprint density at radius 2 is 1.88 bits per heavy atom. The second kappa shape index (κ2) is 6.38. The highest BCUT2D eigenvalue weighted by molar-refractivity contribution is 5.73. The van der Waals surface area contributed by atoms with Gasteiger partial charge in [-0.1, -0.05) is 0 Å². The number of aryl methyl sites for hydroxylation is 1. The van der Waals surface area contributed by atoms with Gasteiger partial charge in [-0.2, -0.15) is 5.10 Å². The minimum absolute atomic E-state index is 0.142. The van der Waals surface area contributed by atoms with Gasteiger partial charge in [0.25, 0.3) is 0 Å². The number of hydrogen-bond donors (Lipinski definition) is 0. The maximum absolute atomic E-state index is 11.5. The van der Waals surface area contributed by atoms with Crippen molar-refractivity contribution < 1.29 is 14.3 Å². The Kier molecular flexibility index (Phi) is 4.07. The van der Waals surface area contributed by atoms with Crippen molar-refractivity contribution in [3.8, 4) is 17.2 Å². The highest BCUT2D eigenvalue weighted by Crippen LogP contribution is 2.34. The normalized spacial score (nSPS) is 17.6. The van der Waals surface area contributed by atoms with E-state index in [9.17, 15) is 4.79 Å².